The standard InChI is InChI=1S/C18H25BrN4OS/c1-13-15(11-20-23(13)18(2,3)4)17(24)22-9-7-21(8-10-22)12-14-5-6-16(19)25-14/h5-6,11H,7-10,12H2,1-4H3. The maximum atomic E-state index is 12.9. The summed E-state index contributed by atoms with van der Waals surface area (Å²) < 4.78 is 3.10. The highest BCUT2D eigenvalue weighted by atomic mass is 79.9. The molecule has 2 aromatic rings. The van der Waals surface area contributed by atoms with Gasteiger partial charge in [0.15, 0.2) is 0 Å². The minimum Gasteiger partial charge on any atom is -0.336 e. The van der Waals surface area contributed by atoms with E-state index >= 15 is 0 Å². The van der Waals surface area contributed by atoms with E-state index in [4.69, 9.17) is 0 Å². The van der Waals surface area contributed by atoms with E-state index in [9.17, 15) is 4.79 Å². The Morgan fingerprint density at radius 1 is 1.24 bits per heavy atom. The molecule has 0 unspecified atom stereocenters. The molecule has 1 saturated heterocycles. The van der Waals surface area contributed by atoms with Crippen LogP contribution in [-0.2, 0) is 12.1 Å². The first kappa shape index (κ1) is 18.6. The molecule has 0 atom stereocenters. The average molecular weight is 425 g/mol. The quantitative estimate of drug-likeness (QED) is 0.753. The predicted molar refractivity (Wildman–Crippen MR) is 105 cm³/mol. The molecule has 0 bridgehead atoms. The van der Waals surface area contributed by atoms with Gasteiger partial charge in [0.1, 0.15) is 0 Å². The minimum absolute atomic E-state index is 0.103. The van der Waals surface area contributed by atoms with Crippen LogP contribution in [0.5, 0.6) is 0 Å². The Morgan fingerprint density at radius 2 is 1.92 bits per heavy atom. The van der Waals surface area contributed by atoms with Gasteiger partial charge >= 0.3 is 0 Å². The van der Waals surface area contributed by atoms with Crippen molar-refractivity contribution in [2.24, 2.45) is 0 Å². The molecule has 1 aliphatic heterocycles. The van der Waals surface area contributed by atoms with Crippen molar-refractivity contribution < 1.29 is 4.79 Å². The van der Waals surface area contributed by atoms with Gasteiger partial charge in [-0.3, -0.25) is 14.4 Å². The van der Waals surface area contributed by atoms with Crippen LogP contribution >= 0.6 is 27.3 Å². The molecule has 1 amide bonds. The number of halogens is 1. The first-order chi connectivity index (χ1) is 11.8. The van der Waals surface area contributed by atoms with Gasteiger partial charge < -0.3 is 4.90 Å². The lowest BCUT2D eigenvalue weighted by molar-refractivity contribution is 0.0628. The van der Waals surface area contributed by atoms with E-state index in [0.717, 1.165) is 44.0 Å². The second kappa shape index (κ2) is 7.21. The van der Waals surface area contributed by atoms with Crippen LogP contribution in [0.2, 0.25) is 0 Å². The molecule has 0 aliphatic carbocycles. The first-order valence-corrected chi connectivity index (χ1v) is 10.2. The highest BCUT2D eigenvalue weighted by molar-refractivity contribution is 9.11. The number of nitrogens with zero attached hydrogens (tertiary/aromatic N) is 4. The van der Waals surface area contributed by atoms with Crippen molar-refractivity contribution in [3.63, 3.8) is 0 Å². The number of hydrogen-bond acceptors (Lipinski definition) is 4. The number of aromatic nitrogens is 2. The summed E-state index contributed by atoms with van der Waals surface area (Å²) in [5.74, 6) is 0.103. The van der Waals surface area contributed by atoms with E-state index in [0.29, 0.717) is 0 Å². The number of hydrogen-bond donors (Lipinski definition) is 0. The zero-order valence-corrected chi connectivity index (χ0v) is 17.7. The zero-order valence-electron chi connectivity index (χ0n) is 15.3. The fourth-order valence-corrected chi connectivity index (χ4v) is 4.76. The summed E-state index contributed by atoms with van der Waals surface area (Å²) in [4.78, 5) is 18.6. The topological polar surface area (TPSA) is 41.4 Å². The van der Waals surface area contributed by atoms with Gasteiger partial charge in [0.05, 0.1) is 21.1 Å². The largest absolute Gasteiger partial charge is 0.336 e. The second-order valence-corrected chi connectivity index (χ2v) is 10.0. The molecule has 0 aromatic carbocycles. The van der Waals surface area contributed by atoms with Crippen LogP contribution in [0, 0.1) is 6.92 Å². The molecule has 3 rings (SSSR count). The Morgan fingerprint density at radius 3 is 2.44 bits per heavy atom. The summed E-state index contributed by atoms with van der Waals surface area (Å²) in [6.45, 7) is 12.6. The number of piperazine rings is 1. The fourth-order valence-electron chi connectivity index (χ4n) is 3.23. The lowest BCUT2D eigenvalue weighted by Crippen LogP contribution is -2.48. The first-order valence-electron chi connectivity index (χ1n) is 8.56. The van der Waals surface area contributed by atoms with Crippen molar-refractivity contribution in [2.45, 2.75) is 39.8 Å². The number of carbonyl (C=O) groups is 1. The Labute approximate surface area is 161 Å². The maximum absolute atomic E-state index is 12.9. The lowest BCUT2D eigenvalue weighted by atomic mass is 10.1. The lowest BCUT2D eigenvalue weighted by Gasteiger charge is -2.34. The number of thiophene rings is 1. The summed E-state index contributed by atoms with van der Waals surface area (Å²) >= 11 is 5.29. The van der Waals surface area contributed by atoms with Crippen LogP contribution in [0.4, 0.5) is 0 Å². The Hall–Kier alpha value is -1.18. The SMILES string of the molecule is Cc1c(C(=O)N2CCN(Cc3ccc(Br)s3)CC2)cnn1C(C)(C)C. The van der Waals surface area contributed by atoms with Gasteiger partial charge in [0.25, 0.3) is 5.91 Å². The minimum atomic E-state index is -0.115. The van der Waals surface area contributed by atoms with E-state index < -0.39 is 0 Å². The molecule has 2 aromatic heterocycles. The van der Waals surface area contributed by atoms with Crippen molar-refractivity contribution in [3.8, 4) is 0 Å². The van der Waals surface area contributed by atoms with Crippen LogP contribution in [-0.4, -0.2) is 51.7 Å². The van der Waals surface area contributed by atoms with Crippen molar-refractivity contribution in [1.82, 2.24) is 19.6 Å². The second-order valence-electron chi connectivity index (χ2n) is 7.50. The normalized spacial score (nSPS) is 16.4. The van der Waals surface area contributed by atoms with Crippen molar-refractivity contribution >= 4 is 33.2 Å². The fraction of sp³-hybridized carbons (Fsp3) is 0.556. The molecule has 0 saturated carbocycles. The summed E-state index contributed by atoms with van der Waals surface area (Å²) in [7, 11) is 0. The van der Waals surface area contributed by atoms with Crippen molar-refractivity contribution in [2.75, 3.05) is 26.2 Å². The third-order valence-corrected chi connectivity index (χ3v) is 6.15. The molecule has 1 fully saturated rings. The summed E-state index contributed by atoms with van der Waals surface area (Å²) in [5, 5.41) is 4.43. The Kier molecular flexibility index (Phi) is 5.37. The number of amides is 1. The van der Waals surface area contributed by atoms with Gasteiger partial charge in [-0.25, -0.2) is 0 Å². The molecule has 5 nitrogen and oxygen atoms in total. The number of carbonyl (C=O) groups excluding carboxylic acids is 1. The van der Waals surface area contributed by atoms with Crippen LogP contribution in [0.25, 0.3) is 0 Å². The third-order valence-electron chi connectivity index (χ3n) is 4.54. The van der Waals surface area contributed by atoms with E-state index in [-0.39, 0.29) is 11.4 Å². The van der Waals surface area contributed by atoms with E-state index in [1.54, 1.807) is 17.5 Å². The van der Waals surface area contributed by atoms with E-state index in [1.165, 1.54) is 8.66 Å². The highest BCUT2D eigenvalue weighted by Gasteiger charge is 2.27. The monoisotopic (exact) mass is 424 g/mol. The van der Waals surface area contributed by atoms with Gasteiger partial charge in [-0.1, -0.05) is 0 Å². The Balaban J connectivity index is 1.61. The number of rotatable bonds is 3. The van der Waals surface area contributed by atoms with Crippen molar-refractivity contribution in [1.29, 1.82) is 0 Å². The van der Waals surface area contributed by atoms with Crippen LogP contribution < -0.4 is 0 Å². The van der Waals surface area contributed by atoms with Gasteiger partial charge in [0, 0.05) is 43.3 Å². The Bertz CT molecular complexity index is 753. The van der Waals surface area contributed by atoms with Gasteiger partial charge in [-0.05, 0) is 55.8 Å². The summed E-state index contributed by atoms with van der Waals surface area (Å²) in [6.07, 6.45) is 1.72. The molecule has 1 aliphatic rings. The molecule has 0 spiro atoms. The van der Waals surface area contributed by atoms with E-state index in [1.807, 2.05) is 16.5 Å². The molecule has 0 radical (unpaired) electrons. The molecular formula is C18H25BrN4OS. The van der Waals surface area contributed by atoms with Crippen LogP contribution in [0.1, 0.15) is 41.7 Å². The molecule has 25 heavy (non-hydrogen) atoms. The molecule has 136 valence electrons. The van der Waals surface area contributed by atoms with Crippen LogP contribution in [0.15, 0.2) is 22.1 Å². The maximum Gasteiger partial charge on any atom is 0.257 e. The molecule has 0 N–H and O–H groups in total. The van der Waals surface area contributed by atoms with Gasteiger partial charge in [-0.15, -0.1) is 11.3 Å². The molecule has 7 heteroatoms. The van der Waals surface area contributed by atoms with Crippen LogP contribution in [0.3, 0.4) is 0 Å². The predicted octanol–water partition coefficient (Wildman–Crippen LogP) is 3.73. The zero-order chi connectivity index (χ0) is 18.2. The van der Waals surface area contributed by atoms with Crippen molar-refractivity contribution in [3.05, 3.63) is 38.3 Å². The van der Waals surface area contributed by atoms with Gasteiger partial charge in [0.2, 0.25) is 0 Å². The van der Waals surface area contributed by atoms with Gasteiger partial charge in [-0.2, -0.15) is 5.10 Å². The summed E-state index contributed by atoms with van der Waals surface area (Å²) in [5.41, 5.74) is 1.56. The third kappa shape index (κ3) is 4.15. The molecular weight excluding hydrogens is 400 g/mol. The average Bonchev–Trinajstić information content (AvgIpc) is 3.13. The highest BCUT2D eigenvalue weighted by Crippen LogP contribution is 2.24. The molecule has 3 heterocycles. The van der Waals surface area contributed by atoms with E-state index in [2.05, 4.69) is 58.8 Å². The summed E-state index contributed by atoms with van der Waals surface area (Å²) in [6, 6.07) is 4.26. The smallest absolute Gasteiger partial charge is 0.257 e.